The molecule has 1 aromatic heterocycles. The Bertz CT molecular complexity index is 901. The van der Waals surface area contributed by atoms with Gasteiger partial charge >= 0.3 is 6.18 Å². The summed E-state index contributed by atoms with van der Waals surface area (Å²) < 4.78 is 38.0. The molecule has 1 amide bonds. The summed E-state index contributed by atoms with van der Waals surface area (Å²) in [6.07, 6.45) is -4.49. The van der Waals surface area contributed by atoms with Gasteiger partial charge in [-0.3, -0.25) is 14.4 Å². The summed E-state index contributed by atoms with van der Waals surface area (Å²) in [5.41, 5.74) is -0.0226. The van der Waals surface area contributed by atoms with Crippen LogP contribution in [0, 0.1) is 13.8 Å². The lowest BCUT2D eigenvalue weighted by atomic mass is 10.0. The van der Waals surface area contributed by atoms with Gasteiger partial charge in [-0.25, -0.2) is 0 Å². The summed E-state index contributed by atoms with van der Waals surface area (Å²) in [5.74, 6) is -0.979. The number of rotatable bonds is 5. The van der Waals surface area contributed by atoms with E-state index in [1.54, 1.807) is 18.2 Å². The summed E-state index contributed by atoms with van der Waals surface area (Å²) >= 11 is 0. The third kappa shape index (κ3) is 4.81. The predicted molar refractivity (Wildman–Crippen MR) is 90.2 cm³/mol. The normalized spacial score (nSPS) is 11.3. The van der Waals surface area contributed by atoms with E-state index >= 15 is 0 Å². The van der Waals surface area contributed by atoms with Crippen molar-refractivity contribution in [3.8, 4) is 0 Å². The predicted octanol–water partition coefficient (Wildman–Crippen LogP) is 3.61. The van der Waals surface area contributed by atoms with E-state index in [0.717, 1.165) is 11.1 Å². The second kappa shape index (κ2) is 7.55. The van der Waals surface area contributed by atoms with Crippen molar-refractivity contribution in [2.75, 3.05) is 5.32 Å². The number of pyridine rings is 1. The molecule has 5 nitrogen and oxygen atoms in total. The molecule has 0 aliphatic carbocycles. The molecule has 0 bridgehead atoms. The maximum absolute atomic E-state index is 12.7. The second-order valence-electron chi connectivity index (χ2n) is 5.90. The van der Waals surface area contributed by atoms with Crippen molar-refractivity contribution in [3.05, 3.63) is 63.1 Å². The van der Waals surface area contributed by atoms with Crippen LogP contribution in [0.1, 0.15) is 39.9 Å². The van der Waals surface area contributed by atoms with Crippen molar-refractivity contribution >= 4 is 17.4 Å². The standard InChI is InChI=1S/C18H17F3N2O3/c1-10-3-4-12(7-11(10)2)15(24)5-6-16(25)23-14-8-13(18(19,20)21)9-22-17(14)26/h3-4,7-9H,5-6H2,1-2H3,(H,22,26)(H,23,25). The van der Waals surface area contributed by atoms with Crippen LogP contribution in [-0.2, 0) is 11.0 Å². The number of carbonyl (C=O) groups excluding carboxylic acids is 2. The molecule has 8 heteroatoms. The maximum Gasteiger partial charge on any atom is 0.417 e. The van der Waals surface area contributed by atoms with E-state index in [-0.39, 0.29) is 18.6 Å². The van der Waals surface area contributed by atoms with Gasteiger partial charge < -0.3 is 10.3 Å². The lowest BCUT2D eigenvalue weighted by Crippen LogP contribution is -2.21. The number of nitrogens with one attached hydrogen (secondary N) is 2. The van der Waals surface area contributed by atoms with Crippen molar-refractivity contribution in [1.29, 1.82) is 0 Å². The molecule has 2 aromatic rings. The number of H-pyrrole nitrogens is 1. The SMILES string of the molecule is Cc1ccc(C(=O)CCC(=O)Nc2cc(C(F)(F)F)c[nH]c2=O)cc1C. The average molecular weight is 366 g/mol. The van der Waals surface area contributed by atoms with Crippen molar-refractivity contribution < 1.29 is 22.8 Å². The summed E-state index contributed by atoms with van der Waals surface area (Å²) in [7, 11) is 0. The largest absolute Gasteiger partial charge is 0.417 e. The van der Waals surface area contributed by atoms with Crippen molar-refractivity contribution in [2.24, 2.45) is 0 Å². The van der Waals surface area contributed by atoms with E-state index < -0.39 is 28.9 Å². The van der Waals surface area contributed by atoms with Crippen LogP contribution in [-0.4, -0.2) is 16.7 Å². The number of amides is 1. The average Bonchev–Trinajstić information content (AvgIpc) is 2.56. The van der Waals surface area contributed by atoms with E-state index in [1.807, 2.05) is 18.8 Å². The molecule has 138 valence electrons. The summed E-state index contributed by atoms with van der Waals surface area (Å²) in [6, 6.07) is 5.72. The molecular weight excluding hydrogens is 349 g/mol. The first-order chi connectivity index (χ1) is 12.1. The van der Waals surface area contributed by atoms with Gasteiger partial charge in [0.2, 0.25) is 5.91 Å². The van der Waals surface area contributed by atoms with Gasteiger partial charge in [0.25, 0.3) is 5.56 Å². The first-order valence-electron chi connectivity index (χ1n) is 7.78. The molecule has 0 spiro atoms. The molecule has 0 saturated heterocycles. The minimum atomic E-state index is -4.65. The number of benzene rings is 1. The topological polar surface area (TPSA) is 79.0 Å². The number of aromatic nitrogens is 1. The maximum atomic E-state index is 12.7. The van der Waals surface area contributed by atoms with Crippen LogP contribution in [0.25, 0.3) is 0 Å². The number of alkyl halides is 3. The highest BCUT2D eigenvalue weighted by Gasteiger charge is 2.31. The molecule has 0 saturated carbocycles. The highest BCUT2D eigenvalue weighted by Crippen LogP contribution is 2.29. The highest BCUT2D eigenvalue weighted by atomic mass is 19.4. The Balaban J connectivity index is 2.02. The Hall–Kier alpha value is -2.90. The number of Topliss-reactive ketones (excluding diaryl/α,β-unsaturated/α-hetero) is 1. The van der Waals surface area contributed by atoms with Crippen LogP contribution >= 0.6 is 0 Å². The van der Waals surface area contributed by atoms with Crippen molar-refractivity contribution in [2.45, 2.75) is 32.9 Å². The van der Waals surface area contributed by atoms with E-state index in [9.17, 15) is 27.6 Å². The van der Waals surface area contributed by atoms with Gasteiger partial charge in [0.15, 0.2) is 5.78 Å². The van der Waals surface area contributed by atoms with E-state index in [4.69, 9.17) is 0 Å². The van der Waals surface area contributed by atoms with Gasteiger partial charge in [-0.05, 0) is 37.1 Å². The number of hydrogen-bond acceptors (Lipinski definition) is 3. The summed E-state index contributed by atoms with van der Waals surface area (Å²) in [4.78, 5) is 37.5. The van der Waals surface area contributed by atoms with E-state index in [2.05, 4.69) is 5.32 Å². The number of ketones is 1. The smallest absolute Gasteiger partial charge is 0.327 e. The zero-order chi connectivity index (χ0) is 19.5. The molecule has 0 fully saturated rings. The Morgan fingerprint density at radius 1 is 1.08 bits per heavy atom. The van der Waals surface area contributed by atoms with E-state index in [1.165, 1.54) is 0 Å². The van der Waals surface area contributed by atoms with E-state index in [0.29, 0.717) is 17.8 Å². The summed E-state index contributed by atoms with van der Waals surface area (Å²) in [5, 5.41) is 2.12. The number of carbonyl (C=O) groups is 2. The van der Waals surface area contributed by atoms with Crippen LogP contribution < -0.4 is 10.9 Å². The molecular formula is C18H17F3N2O3. The number of halogens is 3. The molecule has 0 aliphatic heterocycles. The number of hydrogen-bond donors (Lipinski definition) is 2. The first kappa shape index (κ1) is 19.4. The molecule has 1 heterocycles. The zero-order valence-electron chi connectivity index (χ0n) is 14.2. The molecule has 0 radical (unpaired) electrons. The molecule has 0 unspecified atom stereocenters. The quantitative estimate of drug-likeness (QED) is 0.794. The molecule has 26 heavy (non-hydrogen) atoms. The van der Waals surface area contributed by atoms with Crippen molar-refractivity contribution in [1.82, 2.24) is 4.98 Å². The van der Waals surface area contributed by atoms with Crippen LogP contribution in [0.4, 0.5) is 18.9 Å². The Labute approximate surface area is 147 Å². The fourth-order valence-corrected chi connectivity index (χ4v) is 2.24. The van der Waals surface area contributed by atoms with Crippen LogP contribution in [0.3, 0.4) is 0 Å². The number of aryl methyl sites for hydroxylation is 2. The lowest BCUT2D eigenvalue weighted by Gasteiger charge is -2.09. The fraction of sp³-hybridized carbons (Fsp3) is 0.278. The van der Waals surface area contributed by atoms with Gasteiger partial charge in [0.05, 0.1) is 5.56 Å². The molecule has 2 rings (SSSR count). The van der Waals surface area contributed by atoms with Gasteiger partial charge in [-0.1, -0.05) is 12.1 Å². The zero-order valence-corrected chi connectivity index (χ0v) is 14.2. The van der Waals surface area contributed by atoms with Crippen LogP contribution in [0.5, 0.6) is 0 Å². The van der Waals surface area contributed by atoms with Crippen LogP contribution in [0.15, 0.2) is 35.3 Å². The summed E-state index contributed by atoms with van der Waals surface area (Å²) in [6.45, 7) is 3.77. The third-order valence-electron chi connectivity index (χ3n) is 3.91. The Morgan fingerprint density at radius 3 is 2.38 bits per heavy atom. The molecule has 0 aliphatic rings. The molecule has 0 atom stereocenters. The molecule has 1 aromatic carbocycles. The van der Waals surface area contributed by atoms with Gasteiger partial charge in [-0.15, -0.1) is 0 Å². The van der Waals surface area contributed by atoms with Crippen LogP contribution in [0.2, 0.25) is 0 Å². The van der Waals surface area contributed by atoms with Gasteiger partial charge in [-0.2, -0.15) is 13.2 Å². The second-order valence-corrected chi connectivity index (χ2v) is 5.90. The Kier molecular flexibility index (Phi) is 5.64. The van der Waals surface area contributed by atoms with Gasteiger partial charge in [0, 0.05) is 24.6 Å². The Morgan fingerprint density at radius 2 is 1.77 bits per heavy atom. The fourth-order valence-electron chi connectivity index (χ4n) is 2.24. The first-order valence-corrected chi connectivity index (χ1v) is 7.78. The van der Waals surface area contributed by atoms with Gasteiger partial charge in [0.1, 0.15) is 5.69 Å². The minimum absolute atomic E-state index is 0.120. The number of anilines is 1. The third-order valence-corrected chi connectivity index (χ3v) is 3.91. The molecule has 2 N–H and O–H groups in total. The number of aromatic amines is 1. The minimum Gasteiger partial charge on any atom is -0.327 e. The highest BCUT2D eigenvalue weighted by molar-refractivity contribution is 6.00. The monoisotopic (exact) mass is 366 g/mol. The van der Waals surface area contributed by atoms with Crippen molar-refractivity contribution in [3.63, 3.8) is 0 Å². The lowest BCUT2D eigenvalue weighted by molar-refractivity contribution is -0.137.